The van der Waals surface area contributed by atoms with E-state index in [2.05, 4.69) is 20.7 Å². The molecule has 0 bridgehead atoms. The number of aromatic carboxylic acids is 1. The molecule has 0 amide bonds. The fourth-order valence-corrected chi connectivity index (χ4v) is 2.64. The molecule has 8 heteroatoms. The van der Waals surface area contributed by atoms with Crippen molar-refractivity contribution in [2.24, 2.45) is 0 Å². The fraction of sp³-hybridized carbons (Fsp3) is 0.417. The molecule has 0 radical (unpaired) electrons. The van der Waals surface area contributed by atoms with Gasteiger partial charge >= 0.3 is 12.3 Å². The lowest BCUT2D eigenvalue weighted by Crippen LogP contribution is -2.23. The fourth-order valence-electron chi connectivity index (χ4n) is 2.11. The van der Waals surface area contributed by atoms with Gasteiger partial charge in [0.05, 0.1) is 15.7 Å². The number of carboxylic acid groups (broad SMARTS) is 1. The first-order chi connectivity index (χ1) is 9.28. The number of ether oxygens (including phenoxy) is 1. The SMILES string of the molecule is O=C(O)c1cc(Br)c(OC(F)(F)F)c(N2CCCC2)c1. The molecule has 110 valence electrons. The molecule has 1 N–H and O–H groups in total. The zero-order valence-electron chi connectivity index (χ0n) is 10.2. The van der Waals surface area contributed by atoms with E-state index in [0.29, 0.717) is 13.1 Å². The average molecular weight is 354 g/mol. The van der Waals surface area contributed by atoms with Gasteiger partial charge in [-0.3, -0.25) is 0 Å². The van der Waals surface area contributed by atoms with Crippen LogP contribution in [0.5, 0.6) is 5.75 Å². The zero-order valence-corrected chi connectivity index (χ0v) is 11.8. The summed E-state index contributed by atoms with van der Waals surface area (Å²) in [6, 6.07) is 2.31. The Bertz CT molecular complexity index is 527. The monoisotopic (exact) mass is 353 g/mol. The summed E-state index contributed by atoms with van der Waals surface area (Å²) < 4.78 is 41.4. The molecular formula is C12H11BrF3NO3. The number of anilines is 1. The first-order valence-corrected chi connectivity index (χ1v) is 6.65. The molecule has 0 atom stereocenters. The Labute approximate surface area is 121 Å². The van der Waals surface area contributed by atoms with Gasteiger partial charge in [0, 0.05) is 13.1 Å². The second-order valence-electron chi connectivity index (χ2n) is 4.35. The number of halogens is 4. The molecule has 0 saturated carbocycles. The van der Waals surface area contributed by atoms with E-state index in [9.17, 15) is 18.0 Å². The predicted molar refractivity (Wildman–Crippen MR) is 69.2 cm³/mol. The molecule has 0 unspecified atom stereocenters. The molecule has 1 aromatic rings. The van der Waals surface area contributed by atoms with Crippen LogP contribution >= 0.6 is 15.9 Å². The Morgan fingerprint density at radius 1 is 1.30 bits per heavy atom. The standard InChI is InChI=1S/C12H11BrF3NO3/c13-8-5-7(11(18)19)6-9(17-3-1-2-4-17)10(8)20-12(14,15)16/h5-6H,1-4H2,(H,18,19). The van der Waals surface area contributed by atoms with Crippen molar-refractivity contribution in [1.82, 2.24) is 0 Å². The highest BCUT2D eigenvalue weighted by Crippen LogP contribution is 2.41. The van der Waals surface area contributed by atoms with Crippen LogP contribution in [0.1, 0.15) is 23.2 Å². The second-order valence-corrected chi connectivity index (χ2v) is 5.21. The van der Waals surface area contributed by atoms with Gasteiger partial charge in [-0.05, 0) is 40.9 Å². The van der Waals surface area contributed by atoms with Gasteiger partial charge in [-0.2, -0.15) is 0 Å². The molecule has 20 heavy (non-hydrogen) atoms. The lowest BCUT2D eigenvalue weighted by molar-refractivity contribution is -0.274. The summed E-state index contributed by atoms with van der Waals surface area (Å²) in [5.41, 5.74) is 0.0555. The number of rotatable bonds is 3. The van der Waals surface area contributed by atoms with E-state index in [0.717, 1.165) is 18.9 Å². The normalized spacial score (nSPS) is 15.5. The maximum absolute atomic E-state index is 12.5. The Morgan fingerprint density at radius 3 is 2.40 bits per heavy atom. The van der Waals surface area contributed by atoms with Crippen molar-refractivity contribution in [3.8, 4) is 5.75 Å². The molecule has 1 aromatic carbocycles. The van der Waals surface area contributed by atoms with Gasteiger partial charge in [0.25, 0.3) is 0 Å². The summed E-state index contributed by atoms with van der Waals surface area (Å²) in [6.07, 6.45) is -3.14. The lowest BCUT2D eigenvalue weighted by Gasteiger charge is -2.23. The van der Waals surface area contributed by atoms with Crippen molar-refractivity contribution in [3.63, 3.8) is 0 Å². The van der Waals surface area contributed by atoms with E-state index in [4.69, 9.17) is 5.11 Å². The van der Waals surface area contributed by atoms with Gasteiger partial charge in [-0.1, -0.05) is 0 Å². The van der Waals surface area contributed by atoms with Gasteiger partial charge in [0.1, 0.15) is 0 Å². The van der Waals surface area contributed by atoms with Crippen LogP contribution in [0.4, 0.5) is 18.9 Å². The van der Waals surface area contributed by atoms with Crippen molar-refractivity contribution < 1.29 is 27.8 Å². The van der Waals surface area contributed by atoms with Crippen molar-refractivity contribution >= 4 is 27.6 Å². The van der Waals surface area contributed by atoms with E-state index < -0.39 is 18.1 Å². The van der Waals surface area contributed by atoms with Gasteiger partial charge < -0.3 is 14.7 Å². The first kappa shape index (κ1) is 15.0. The van der Waals surface area contributed by atoms with Gasteiger partial charge in [-0.25, -0.2) is 4.79 Å². The minimum absolute atomic E-state index is 0.0309. The molecule has 1 saturated heterocycles. The summed E-state index contributed by atoms with van der Waals surface area (Å²) in [7, 11) is 0. The summed E-state index contributed by atoms with van der Waals surface area (Å²) in [5.74, 6) is -1.60. The number of carboxylic acids is 1. The van der Waals surface area contributed by atoms with Crippen LogP contribution in [0.3, 0.4) is 0 Å². The maximum Gasteiger partial charge on any atom is 0.573 e. The van der Waals surface area contributed by atoms with E-state index in [1.165, 1.54) is 6.07 Å². The molecule has 1 fully saturated rings. The third-order valence-corrected chi connectivity index (χ3v) is 3.52. The van der Waals surface area contributed by atoms with Crippen LogP contribution in [0, 0.1) is 0 Å². The highest BCUT2D eigenvalue weighted by Gasteiger charge is 2.34. The molecule has 0 aliphatic carbocycles. The third-order valence-electron chi connectivity index (χ3n) is 2.94. The Kier molecular flexibility index (Phi) is 4.12. The van der Waals surface area contributed by atoms with Crippen LogP contribution in [-0.2, 0) is 0 Å². The van der Waals surface area contributed by atoms with Crippen LogP contribution in [0.15, 0.2) is 16.6 Å². The van der Waals surface area contributed by atoms with Gasteiger partial charge in [0.2, 0.25) is 0 Å². The second kappa shape index (κ2) is 5.51. The predicted octanol–water partition coefficient (Wildman–Crippen LogP) is 3.65. The van der Waals surface area contributed by atoms with Gasteiger partial charge in [0.15, 0.2) is 5.75 Å². The van der Waals surface area contributed by atoms with Crippen molar-refractivity contribution in [2.45, 2.75) is 19.2 Å². The molecule has 2 rings (SSSR count). The molecule has 0 aromatic heterocycles. The largest absolute Gasteiger partial charge is 0.573 e. The van der Waals surface area contributed by atoms with Crippen molar-refractivity contribution in [1.29, 1.82) is 0 Å². The summed E-state index contributed by atoms with van der Waals surface area (Å²) in [4.78, 5) is 12.7. The van der Waals surface area contributed by atoms with E-state index >= 15 is 0 Å². The number of hydrogen-bond donors (Lipinski definition) is 1. The minimum atomic E-state index is -4.83. The molecule has 1 aliphatic rings. The number of nitrogens with zero attached hydrogens (tertiary/aromatic N) is 1. The highest BCUT2D eigenvalue weighted by atomic mass is 79.9. The summed E-state index contributed by atoms with van der Waals surface area (Å²) in [5, 5.41) is 9.00. The summed E-state index contributed by atoms with van der Waals surface area (Å²) in [6.45, 7) is 1.15. The number of benzene rings is 1. The lowest BCUT2D eigenvalue weighted by atomic mass is 10.1. The molecule has 1 heterocycles. The van der Waals surface area contributed by atoms with E-state index in [1.807, 2.05) is 0 Å². The molecular weight excluding hydrogens is 343 g/mol. The van der Waals surface area contributed by atoms with Gasteiger partial charge in [-0.15, -0.1) is 13.2 Å². The molecule has 4 nitrogen and oxygen atoms in total. The number of carbonyl (C=O) groups is 1. The Hall–Kier alpha value is -1.44. The minimum Gasteiger partial charge on any atom is -0.478 e. The molecule has 1 aliphatic heterocycles. The van der Waals surface area contributed by atoms with Crippen LogP contribution in [0.25, 0.3) is 0 Å². The number of hydrogen-bond acceptors (Lipinski definition) is 3. The Balaban J connectivity index is 2.49. The van der Waals surface area contributed by atoms with Crippen molar-refractivity contribution in [3.05, 3.63) is 22.2 Å². The third kappa shape index (κ3) is 3.36. The van der Waals surface area contributed by atoms with Crippen LogP contribution in [0.2, 0.25) is 0 Å². The maximum atomic E-state index is 12.5. The smallest absolute Gasteiger partial charge is 0.478 e. The van der Waals surface area contributed by atoms with Crippen LogP contribution in [-0.4, -0.2) is 30.5 Å². The highest BCUT2D eigenvalue weighted by molar-refractivity contribution is 9.10. The number of alkyl halides is 3. The first-order valence-electron chi connectivity index (χ1n) is 5.85. The average Bonchev–Trinajstić information content (AvgIpc) is 2.83. The topological polar surface area (TPSA) is 49.8 Å². The van der Waals surface area contributed by atoms with Crippen molar-refractivity contribution in [2.75, 3.05) is 18.0 Å². The Morgan fingerprint density at radius 2 is 1.90 bits per heavy atom. The quantitative estimate of drug-likeness (QED) is 0.901. The zero-order chi connectivity index (χ0) is 14.9. The molecule has 0 spiro atoms. The van der Waals surface area contributed by atoms with Crippen LogP contribution < -0.4 is 9.64 Å². The van der Waals surface area contributed by atoms with E-state index in [-0.39, 0.29) is 15.7 Å². The van der Waals surface area contributed by atoms with E-state index in [1.54, 1.807) is 4.90 Å². The summed E-state index contributed by atoms with van der Waals surface area (Å²) >= 11 is 2.95.